The molecule has 0 N–H and O–H groups in total. The Morgan fingerprint density at radius 1 is 1.38 bits per heavy atom. The highest BCUT2D eigenvalue weighted by Gasteiger charge is 2.13. The number of hydrogen-bond donors (Lipinski definition) is 0. The number of rotatable bonds is 1. The molecule has 68 valence electrons. The molecule has 1 aromatic rings. The fourth-order valence-corrected chi connectivity index (χ4v) is 1.42. The summed E-state index contributed by atoms with van der Waals surface area (Å²) < 4.78 is 0. The number of aryl methyl sites for hydroxylation is 1. The first-order chi connectivity index (χ1) is 6.42. The number of carbonyl (C=O) groups is 1. The standard InChI is InChI=1S/C10H10O3/c11-7-9-4-1-3-8-5-2-6-12-13-10(8)9/h1,3-4,7H,2,5-6H2. The molecule has 3 nitrogen and oxygen atoms in total. The van der Waals surface area contributed by atoms with Crippen LogP contribution in [0.4, 0.5) is 0 Å². The molecule has 0 saturated carbocycles. The van der Waals surface area contributed by atoms with Crippen LogP contribution >= 0.6 is 0 Å². The van der Waals surface area contributed by atoms with Gasteiger partial charge in [-0.05, 0) is 24.5 Å². The van der Waals surface area contributed by atoms with E-state index < -0.39 is 0 Å². The fraction of sp³-hybridized carbons (Fsp3) is 0.300. The largest absolute Gasteiger partial charge is 0.336 e. The molecule has 0 radical (unpaired) electrons. The summed E-state index contributed by atoms with van der Waals surface area (Å²) in [5.41, 5.74) is 1.60. The zero-order valence-electron chi connectivity index (χ0n) is 7.16. The van der Waals surface area contributed by atoms with Crippen molar-refractivity contribution in [1.82, 2.24) is 0 Å². The van der Waals surface area contributed by atoms with Crippen LogP contribution in [0.2, 0.25) is 0 Å². The maximum atomic E-state index is 10.7. The molecule has 0 spiro atoms. The lowest BCUT2D eigenvalue weighted by molar-refractivity contribution is -0.203. The Morgan fingerprint density at radius 2 is 2.31 bits per heavy atom. The van der Waals surface area contributed by atoms with Crippen molar-refractivity contribution in [3.8, 4) is 5.75 Å². The van der Waals surface area contributed by atoms with E-state index in [0.717, 1.165) is 24.7 Å². The molecule has 0 unspecified atom stereocenters. The lowest BCUT2D eigenvalue weighted by Gasteiger charge is -2.05. The average molecular weight is 178 g/mol. The highest BCUT2D eigenvalue weighted by molar-refractivity contribution is 5.80. The van der Waals surface area contributed by atoms with Crippen LogP contribution in [0, 0.1) is 0 Å². The van der Waals surface area contributed by atoms with Gasteiger partial charge in [-0.3, -0.25) is 4.79 Å². The lowest BCUT2D eigenvalue weighted by Crippen LogP contribution is -1.98. The third kappa shape index (κ3) is 1.55. The molecule has 1 aliphatic heterocycles. The van der Waals surface area contributed by atoms with E-state index in [1.165, 1.54) is 0 Å². The minimum Gasteiger partial charge on any atom is -0.336 e. The van der Waals surface area contributed by atoms with Crippen molar-refractivity contribution < 1.29 is 14.6 Å². The summed E-state index contributed by atoms with van der Waals surface area (Å²) in [7, 11) is 0. The molecule has 0 aromatic heterocycles. The van der Waals surface area contributed by atoms with Crippen LogP contribution in [0.1, 0.15) is 22.3 Å². The van der Waals surface area contributed by atoms with Gasteiger partial charge in [0.15, 0.2) is 12.0 Å². The van der Waals surface area contributed by atoms with E-state index in [1.54, 1.807) is 6.07 Å². The Balaban J connectivity index is 2.45. The quantitative estimate of drug-likeness (QED) is 0.485. The number of para-hydroxylation sites is 1. The van der Waals surface area contributed by atoms with Gasteiger partial charge in [0.2, 0.25) is 0 Å². The van der Waals surface area contributed by atoms with E-state index in [9.17, 15) is 4.79 Å². The smallest absolute Gasteiger partial charge is 0.179 e. The number of fused-ring (bicyclic) bond motifs is 1. The van der Waals surface area contributed by atoms with Crippen LogP contribution in [0.5, 0.6) is 5.75 Å². The summed E-state index contributed by atoms with van der Waals surface area (Å²) in [5, 5.41) is 0. The topological polar surface area (TPSA) is 35.5 Å². The zero-order chi connectivity index (χ0) is 9.10. The van der Waals surface area contributed by atoms with E-state index in [0.29, 0.717) is 17.9 Å². The molecule has 0 saturated heterocycles. The average Bonchev–Trinajstić information content (AvgIpc) is 2.41. The van der Waals surface area contributed by atoms with Gasteiger partial charge in [-0.1, -0.05) is 12.1 Å². The molecule has 0 bridgehead atoms. The molecular weight excluding hydrogens is 168 g/mol. The van der Waals surface area contributed by atoms with E-state index in [-0.39, 0.29) is 0 Å². The summed E-state index contributed by atoms with van der Waals surface area (Å²) in [6.45, 7) is 0.576. The van der Waals surface area contributed by atoms with Crippen molar-refractivity contribution in [2.24, 2.45) is 0 Å². The first-order valence-corrected chi connectivity index (χ1v) is 4.28. The van der Waals surface area contributed by atoms with Crippen LogP contribution < -0.4 is 4.89 Å². The molecular formula is C10H10O3. The van der Waals surface area contributed by atoms with Gasteiger partial charge in [0.25, 0.3) is 0 Å². The van der Waals surface area contributed by atoms with Crippen molar-refractivity contribution in [2.45, 2.75) is 12.8 Å². The van der Waals surface area contributed by atoms with Gasteiger partial charge in [-0.25, -0.2) is 0 Å². The highest BCUT2D eigenvalue weighted by Crippen LogP contribution is 2.26. The van der Waals surface area contributed by atoms with E-state index in [2.05, 4.69) is 0 Å². The fourth-order valence-electron chi connectivity index (χ4n) is 1.42. The SMILES string of the molecule is O=Cc1cccc2c1OOCCC2. The Bertz CT molecular complexity index is 320. The van der Waals surface area contributed by atoms with Crippen molar-refractivity contribution in [1.29, 1.82) is 0 Å². The predicted molar refractivity (Wildman–Crippen MR) is 46.7 cm³/mol. The molecule has 1 aliphatic rings. The Kier molecular flexibility index (Phi) is 2.27. The molecule has 0 amide bonds. The van der Waals surface area contributed by atoms with Crippen molar-refractivity contribution in [3.63, 3.8) is 0 Å². The second-order valence-corrected chi connectivity index (χ2v) is 2.96. The normalized spacial score (nSPS) is 15.4. The molecule has 1 heterocycles. The first kappa shape index (κ1) is 8.26. The van der Waals surface area contributed by atoms with Crippen LogP contribution in [-0.2, 0) is 11.3 Å². The second-order valence-electron chi connectivity index (χ2n) is 2.96. The van der Waals surface area contributed by atoms with E-state index in [4.69, 9.17) is 9.78 Å². The van der Waals surface area contributed by atoms with Crippen LogP contribution in [0.15, 0.2) is 18.2 Å². The molecule has 1 aromatic carbocycles. The summed E-state index contributed by atoms with van der Waals surface area (Å²) in [5.74, 6) is 0.579. The highest BCUT2D eigenvalue weighted by atomic mass is 17.2. The van der Waals surface area contributed by atoms with Crippen LogP contribution in [0.25, 0.3) is 0 Å². The van der Waals surface area contributed by atoms with Gasteiger partial charge in [0.05, 0.1) is 12.2 Å². The first-order valence-electron chi connectivity index (χ1n) is 4.28. The maximum Gasteiger partial charge on any atom is 0.179 e. The summed E-state index contributed by atoms with van der Waals surface area (Å²) in [4.78, 5) is 20.6. The number of benzene rings is 1. The zero-order valence-corrected chi connectivity index (χ0v) is 7.16. The van der Waals surface area contributed by atoms with E-state index >= 15 is 0 Å². The predicted octanol–water partition coefficient (Wildman–Crippen LogP) is 1.76. The Morgan fingerprint density at radius 3 is 3.15 bits per heavy atom. The van der Waals surface area contributed by atoms with E-state index in [1.807, 2.05) is 12.1 Å². The molecule has 0 atom stereocenters. The monoisotopic (exact) mass is 178 g/mol. The summed E-state index contributed by atoms with van der Waals surface area (Å²) in [6.07, 6.45) is 2.61. The number of hydrogen-bond acceptors (Lipinski definition) is 3. The minimum absolute atomic E-state index is 0.555. The Hall–Kier alpha value is -1.35. The van der Waals surface area contributed by atoms with Gasteiger partial charge < -0.3 is 4.89 Å². The summed E-state index contributed by atoms with van der Waals surface area (Å²) >= 11 is 0. The molecule has 2 rings (SSSR count). The Labute approximate surface area is 76.2 Å². The van der Waals surface area contributed by atoms with Crippen LogP contribution in [0.3, 0.4) is 0 Å². The van der Waals surface area contributed by atoms with Gasteiger partial charge in [-0.2, -0.15) is 4.89 Å². The van der Waals surface area contributed by atoms with Gasteiger partial charge in [0, 0.05) is 0 Å². The van der Waals surface area contributed by atoms with Gasteiger partial charge in [0.1, 0.15) is 0 Å². The number of carbonyl (C=O) groups excluding carboxylic acids is 1. The third-order valence-corrected chi connectivity index (χ3v) is 2.07. The second kappa shape index (κ2) is 3.58. The van der Waals surface area contributed by atoms with Gasteiger partial charge >= 0.3 is 0 Å². The molecule has 3 heteroatoms. The van der Waals surface area contributed by atoms with Crippen LogP contribution in [-0.4, -0.2) is 12.9 Å². The lowest BCUT2D eigenvalue weighted by atomic mass is 10.1. The number of aldehydes is 1. The summed E-state index contributed by atoms with van der Waals surface area (Å²) in [6, 6.07) is 5.54. The molecule has 13 heavy (non-hydrogen) atoms. The van der Waals surface area contributed by atoms with Gasteiger partial charge in [-0.15, -0.1) is 0 Å². The minimum atomic E-state index is 0.555. The maximum absolute atomic E-state index is 10.7. The van der Waals surface area contributed by atoms with Crippen molar-refractivity contribution in [2.75, 3.05) is 6.61 Å². The van der Waals surface area contributed by atoms with Crippen molar-refractivity contribution >= 4 is 6.29 Å². The third-order valence-electron chi connectivity index (χ3n) is 2.07. The molecule has 0 aliphatic carbocycles. The molecule has 0 fully saturated rings. The van der Waals surface area contributed by atoms with Crippen molar-refractivity contribution in [3.05, 3.63) is 29.3 Å².